The summed E-state index contributed by atoms with van der Waals surface area (Å²) in [4.78, 5) is 24.6. The number of hydrogen-bond acceptors (Lipinski definition) is 8. The zero-order valence-electron chi connectivity index (χ0n) is 15.7. The van der Waals surface area contributed by atoms with Crippen molar-refractivity contribution in [3.05, 3.63) is 24.3 Å². The maximum atomic E-state index is 12.3. The third-order valence-corrected chi connectivity index (χ3v) is 3.68. The molecule has 0 aromatic heterocycles. The van der Waals surface area contributed by atoms with E-state index in [1.807, 2.05) is 0 Å². The number of amides is 2. The number of hydrogen-bond donors (Lipinski definition) is 4. The van der Waals surface area contributed by atoms with Crippen LogP contribution in [0.15, 0.2) is 24.3 Å². The molecule has 0 bridgehead atoms. The summed E-state index contributed by atoms with van der Waals surface area (Å²) in [6, 6.07) is 5.17. The first-order valence-electron chi connectivity index (χ1n) is 7.86. The quantitative estimate of drug-likeness (QED) is 0.331. The van der Waals surface area contributed by atoms with Crippen molar-refractivity contribution >= 4 is 23.2 Å². The molecule has 0 heterocycles. The minimum atomic E-state index is -1.10. The fraction of sp³-hybridized carbons (Fsp3) is 0.222. The van der Waals surface area contributed by atoms with Gasteiger partial charge in [-0.3, -0.25) is 9.59 Å². The van der Waals surface area contributed by atoms with Gasteiger partial charge in [-0.05, 0) is 0 Å². The second kappa shape index (κ2) is 8.71. The Labute approximate surface area is 160 Å². The summed E-state index contributed by atoms with van der Waals surface area (Å²) in [6.07, 6.45) is 0. The van der Waals surface area contributed by atoms with Crippen molar-refractivity contribution in [2.45, 2.75) is 0 Å². The lowest BCUT2D eigenvalue weighted by Gasteiger charge is -2.16. The van der Waals surface area contributed by atoms with Gasteiger partial charge < -0.3 is 39.8 Å². The predicted molar refractivity (Wildman–Crippen MR) is 99.7 cm³/mol. The van der Waals surface area contributed by atoms with Crippen LogP contribution in [0.2, 0.25) is 0 Å². The maximum absolute atomic E-state index is 12.3. The molecule has 0 unspecified atom stereocenters. The van der Waals surface area contributed by atoms with Gasteiger partial charge in [-0.1, -0.05) is 0 Å². The highest BCUT2D eigenvalue weighted by molar-refractivity contribution is 6.44. The molecular weight excluding hydrogens is 372 g/mol. The third-order valence-electron chi connectivity index (χ3n) is 3.68. The van der Waals surface area contributed by atoms with Gasteiger partial charge in [0.15, 0.2) is 0 Å². The number of rotatable bonds is 6. The van der Waals surface area contributed by atoms with Crippen LogP contribution in [0.1, 0.15) is 0 Å². The van der Waals surface area contributed by atoms with E-state index in [0.29, 0.717) is 5.75 Å². The van der Waals surface area contributed by atoms with Crippen molar-refractivity contribution in [2.24, 2.45) is 0 Å². The van der Waals surface area contributed by atoms with Crippen molar-refractivity contribution < 1.29 is 38.7 Å². The van der Waals surface area contributed by atoms with Crippen LogP contribution >= 0.6 is 0 Å². The lowest BCUT2D eigenvalue weighted by Crippen LogP contribution is -2.29. The Morgan fingerprint density at radius 2 is 1.18 bits per heavy atom. The van der Waals surface area contributed by atoms with Gasteiger partial charge in [0.05, 0.1) is 28.4 Å². The number of nitrogens with one attached hydrogen (secondary N) is 2. The van der Waals surface area contributed by atoms with Gasteiger partial charge in [-0.2, -0.15) is 0 Å². The second-order valence-electron chi connectivity index (χ2n) is 5.36. The molecule has 0 aliphatic carbocycles. The molecule has 0 saturated carbocycles. The molecule has 10 nitrogen and oxygen atoms in total. The molecule has 0 radical (unpaired) electrons. The van der Waals surface area contributed by atoms with E-state index in [2.05, 4.69) is 10.6 Å². The van der Waals surface area contributed by atoms with Crippen molar-refractivity contribution in [1.29, 1.82) is 0 Å². The highest BCUT2D eigenvalue weighted by Gasteiger charge is 2.23. The van der Waals surface area contributed by atoms with Crippen LogP contribution < -0.4 is 29.6 Å². The van der Waals surface area contributed by atoms with E-state index in [1.165, 1.54) is 46.6 Å². The van der Waals surface area contributed by atoms with Crippen LogP contribution in [0.5, 0.6) is 34.5 Å². The van der Waals surface area contributed by atoms with E-state index in [4.69, 9.17) is 18.9 Å². The number of ether oxygens (including phenoxy) is 4. The van der Waals surface area contributed by atoms with Gasteiger partial charge in [-0.25, -0.2) is 0 Å². The van der Waals surface area contributed by atoms with E-state index in [-0.39, 0.29) is 34.4 Å². The molecule has 2 aromatic carbocycles. The smallest absolute Gasteiger partial charge is 0.314 e. The molecule has 2 amide bonds. The fourth-order valence-corrected chi connectivity index (χ4v) is 2.34. The normalized spacial score (nSPS) is 10.0. The maximum Gasteiger partial charge on any atom is 0.314 e. The minimum Gasteiger partial charge on any atom is -0.508 e. The molecule has 0 fully saturated rings. The van der Waals surface area contributed by atoms with Crippen molar-refractivity contribution in [1.82, 2.24) is 0 Å². The van der Waals surface area contributed by atoms with Crippen LogP contribution in [0, 0.1) is 0 Å². The van der Waals surface area contributed by atoms with E-state index in [9.17, 15) is 19.8 Å². The molecule has 2 rings (SSSR count). The third kappa shape index (κ3) is 4.29. The van der Waals surface area contributed by atoms with E-state index < -0.39 is 17.6 Å². The number of carbonyl (C=O) groups is 2. The summed E-state index contributed by atoms with van der Waals surface area (Å²) in [6.45, 7) is 0. The number of benzene rings is 2. The SMILES string of the molecule is COc1cc(OC)c(NC(=O)C(=O)Nc2c(O)cc(O)cc2OC)c(OC)c1. The van der Waals surface area contributed by atoms with Crippen LogP contribution in [0.4, 0.5) is 11.4 Å². The van der Waals surface area contributed by atoms with E-state index in [1.54, 1.807) is 0 Å². The molecule has 0 aliphatic heterocycles. The molecule has 0 atom stereocenters. The van der Waals surface area contributed by atoms with Gasteiger partial charge in [0.25, 0.3) is 0 Å². The Bertz CT molecular complexity index is 872. The number of anilines is 2. The van der Waals surface area contributed by atoms with Crippen LogP contribution in [-0.2, 0) is 9.59 Å². The molecule has 4 N–H and O–H groups in total. The molecule has 0 aliphatic rings. The van der Waals surface area contributed by atoms with Crippen LogP contribution in [0.25, 0.3) is 0 Å². The monoisotopic (exact) mass is 392 g/mol. The summed E-state index contributed by atoms with van der Waals surface area (Å²) >= 11 is 0. The second-order valence-corrected chi connectivity index (χ2v) is 5.36. The number of phenols is 2. The molecule has 150 valence electrons. The molecule has 10 heteroatoms. The molecule has 2 aromatic rings. The largest absolute Gasteiger partial charge is 0.508 e. The average Bonchev–Trinajstić information content (AvgIpc) is 2.69. The zero-order chi connectivity index (χ0) is 20.8. The number of methoxy groups -OCH3 is 4. The molecule has 0 saturated heterocycles. The highest BCUT2D eigenvalue weighted by atomic mass is 16.5. The average molecular weight is 392 g/mol. The number of phenolic OH excluding ortho intramolecular Hbond substituents is 2. The van der Waals surface area contributed by atoms with Gasteiger partial charge in [0.1, 0.15) is 45.9 Å². The highest BCUT2D eigenvalue weighted by Crippen LogP contribution is 2.40. The zero-order valence-corrected chi connectivity index (χ0v) is 15.7. The van der Waals surface area contributed by atoms with Crippen molar-refractivity contribution in [2.75, 3.05) is 39.1 Å². The lowest BCUT2D eigenvalue weighted by molar-refractivity contribution is -0.133. The first kappa shape index (κ1) is 20.5. The van der Waals surface area contributed by atoms with E-state index in [0.717, 1.165) is 6.07 Å². The van der Waals surface area contributed by atoms with Crippen molar-refractivity contribution in [3.8, 4) is 34.5 Å². The van der Waals surface area contributed by atoms with Crippen LogP contribution in [-0.4, -0.2) is 50.5 Å². The number of aromatic hydroxyl groups is 2. The van der Waals surface area contributed by atoms with Gasteiger partial charge in [-0.15, -0.1) is 0 Å². The standard InChI is InChI=1S/C18H20N2O8/c1-25-10-7-13(27-3)16(14(8-10)28-4)20-18(24)17(23)19-15-11(22)5-9(21)6-12(15)26-2/h5-8,21-22H,1-4H3,(H,19,23)(H,20,24). The van der Waals surface area contributed by atoms with Gasteiger partial charge in [0.2, 0.25) is 0 Å². The molecule has 0 spiro atoms. The Morgan fingerprint density at radius 3 is 1.64 bits per heavy atom. The minimum absolute atomic E-state index is 0.0294. The first-order valence-corrected chi connectivity index (χ1v) is 7.86. The molecule has 28 heavy (non-hydrogen) atoms. The van der Waals surface area contributed by atoms with E-state index >= 15 is 0 Å². The Hall–Kier alpha value is -3.82. The van der Waals surface area contributed by atoms with Gasteiger partial charge in [0, 0.05) is 24.3 Å². The Morgan fingerprint density at radius 1 is 0.714 bits per heavy atom. The van der Waals surface area contributed by atoms with Crippen molar-refractivity contribution in [3.63, 3.8) is 0 Å². The topological polar surface area (TPSA) is 136 Å². The summed E-state index contributed by atoms with van der Waals surface area (Å²) < 4.78 is 20.5. The predicted octanol–water partition coefficient (Wildman–Crippen LogP) is 1.71. The lowest BCUT2D eigenvalue weighted by atomic mass is 10.2. The Kier molecular flexibility index (Phi) is 6.38. The fourth-order valence-electron chi connectivity index (χ4n) is 2.34. The summed E-state index contributed by atoms with van der Waals surface area (Å²) in [5.74, 6) is -2.09. The Balaban J connectivity index is 2.28. The first-order chi connectivity index (χ1) is 13.3. The number of carbonyl (C=O) groups excluding carboxylic acids is 2. The van der Waals surface area contributed by atoms with Gasteiger partial charge >= 0.3 is 11.8 Å². The van der Waals surface area contributed by atoms with Crippen LogP contribution in [0.3, 0.4) is 0 Å². The summed E-state index contributed by atoms with van der Waals surface area (Å²) in [5.41, 5.74) is -0.0537. The summed E-state index contributed by atoms with van der Waals surface area (Å²) in [7, 11) is 5.49. The molecular formula is C18H20N2O8. The summed E-state index contributed by atoms with van der Waals surface area (Å²) in [5, 5.41) is 24.0.